The molecule has 0 unspecified atom stereocenters. The zero-order valence-corrected chi connectivity index (χ0v) is 9.58. The molecule has 13 heavy (non-hydrogen) atoms. The summed E-state index contributed by atoms with van der Waals surface area (Å²) in [7, 11) is 4.10. The van der Waals surface area contributed by atoms with E-state index < -0.39 is 0 Å². The summed E-state index contributed by atoms with van der Waals surface area (Å²) in [5.41, 5.74) is 0. The fourth-order valence-corrected chi connectivity index (χ4v) is 1.59. The van der Waals surface area contributed by atoms with Gasteiger partial charge in [0.1, 0.15) is 0 Å². The number of aliphatic hydroxyl groups excluding tert-OH is 1. The fourth-order valence-electron chi connectivity index (χ4n) is 1.59. The molecule has 0 aliphatic heterocycles. The average Bonchev–Trinajstić information content (AvgIpc) is 2.03. The second-order valence-electron chi connectivity index (χ2n) is 4.30. The third-order valence-electron chi connectivity index (χ3n) is 2.41. The second-order valence-corrected chi connectivity index (χ2v) is 4.30. The average molecular weight is 187 g/mol. The third kappa shape index (κ3) is 7.03. The van der Waals surface area contributed by atoms with Gasteiger partial charge in [-0.15, -0.1) is 0 Å². The SMILES string of the molecule is CCCCC[C@@H](O)[C@H](C)CN(C)C. The van der Waals surface area contributed by atoms with Gasteiger partial charge in [-0.1, -0.05) is 33.1 Å². The van der Waals surface area contributed by atoms with E-state index in [-0.39, 0.29) is 6.10 Å². The zero-order chi connectivity index (χ0) is 10.3. The molecule has 0 aromatic heterocycles. The Morgan fingerprint density at radius 1 is 1.23 bits per heavy atom. The maximum Gasteiger partial charge on any atom is 0.0578 e. The monoisotopic (exact) mass is 187 g/mol. The number of unbranched alkanes of at least 4 members (excludes halogenated alkanes) is 2. The largest absolute Gasteiger partial charge is 0.393 e. The molecule has 1 N–H and O–H groups in total. The zero-order valence-electron chi connectivity index (χ0n) is 9.58. The van der Waals surface area contributed by atoms with Crippen molar-refractivity contribution in [2.75, 3.05) is 20.6 Å². The van der Waals surface area contributed by atoms with Gasteiger partial charge in [0.2, 0.25) is 0 Å². The molecule has 80 valence electrons. The highest BCUT2D eigenvalue weighted by Gasteiger charge is 2.13. The van der Waals surface area contributed by atoms with Crippen LogP contribution >= 0.6 is 0 Å². The Labute approximate surface area is 82.9 Å². The molecule has 2 nitrogen and oxygen atoms in total. The standard InChI is InChI=1S/C11H25NO/c1-5-6-7-8-11(13)10(2)9-12(3)4/h10-11,13H,5-9H2,1-4H3/t10-,11-/m1/s1. The lowest BCUT2D eigenvalue weighted by Crippen LogP contribution is -2.28. The van der Waals surface area contributed by atoms with Crippen molar-refractivity contribution in [3.63, 3.8) is 0 Å². The lowest BCUT2D eigenvalue weighted by atomic mass is 9.99. The van der Waals surface area contributed by atoms with Gasteiger partial charge in [-0.25, -0.2) is 0 Å². The van der Waals surface area contributed by atoms with Crippen molar-refractivity contribution in [3.05, 3.63) is 0 Å². The van der Waals surface area contributed by atoms with Crippen molar-refractivity contribution in [2.45, 2.75) is 45.6 Å². The molecule has 0 saturated carbocycles. The quantitative estimate of drug-likeness (QED) is 0.617. The Morgan fingerprint density at radius 2 is 1.85 bits per heavy atom. The number of rotatable bonds is 7. The second kappa shape index (κ2) is 7.34. The number of nitrogens with zero attached hydrogens (tertiary/aromatic N) is 1. The van der Waals surface area contributed by atoms with Crippen LogP contribution < -0.4 is 0 Å². The van der Waals surface area contributed by atoms with Crippen LogP contribution in [0.15, 0.2) is 0 Å². The fraction of sp³-hybridized carbons (Fsp3) is 1.00. The Bertz CT molecular complexity index is 115. The van der Waals surface area contributed by atoms with Crippen molar-refractivity contribution in [2.24, 2.45) is 5.92 Å². The molecule has 0 amide bonds. The molecule has 0 rings (SSSR count). The molecule has 0 bridgehead atoms. The predicted octanol–water partition coefficient (Wildman–Crippen LogP) is 2.13. The van der Waals surface area contributed by atoms with Crippen LogP contribution in [-0.4, -0.2) is 36.8 Å². The van der Waals surface area contributed by atoms with Crippen LogP contribution in [0.25, 0.3) is 0 Å². The van der Waals surface area contributed by atoms with E-state index in [2.05, 4.69) is 32.8 Å². The van der Waals surface area contributed by atoms with E-state index in [0.29, 0.717) is 5.92 Å². The summed E-state index contributed by atoms with van der Waals surface area (Å²) in [6, 6.07) is 0. The maximum atomic E-state index is 9.77. The first-order valence-electron chi connectivity index (χ1n) is 5.40. The first-order chi connectivity index (χ1) is 6.07. The van der Waals surface area contributed by atoms with Crippen LogP contribution in [0.1, 0.15) is 39.5 Å². The number of hydrogen-bond donors (Lipinski definition) is 1. The summed E-state index contributed by atoms with van der Waals surface area (Å²) < 4.78 is 0. The first-order valence-corrected chi connectivity index (χ1v) is 5.40. The van der Waals surface area contributed by atoms with Gasteiger partial charge in [0.05, 0.1) is 6.10 Å². The van der Waals surface area contributed by atoms with Gasteiger partial charge in [-0.2, -0.15) is 0 Å². The summed E-state index contributed by atoms with van der Waals surface area (Å²) in [5.74, 6) is 0.395. The van der Waals surface area contributed by atoms with Gasteiger partial charge in [-0.05, 0) is 26.4 Å². The van der Waals surface area contributed by atoms with E-state index in [1.54, 1.807) is 0 Å². The predicted molar refractivity (Wildman–Crippen MR) is 57.9 cm³/mol. The van der Waals surface area contributed by atoms with Crippen LogP contribution in [0.4, 0.5) is 0 Å². The summed E-state index contributed by atoms with van der Waals surface area (Å²) in [4.78, 5) is 2.13. The van der Waals surface area contributed by atoms with E-state index in [4.69, 9.17) is 0 Å². The van der Waals surface area contributed by atoms with Crippen molar-refractivity contribution < 1.29 is 5.11 Å². The van der Waals surface area contributed by atoms with Gasteiger partial charge in [0.25, 0.3) is 0 Å². The Hall–Kier alpha value is -0.0800. The molecule has 0 aromatic rings. The number of aliphatic hydroxyl groups is 1. The van der Waals surface area contributed by atoms with E-state index in [1.807, 2.05) is 0 Å². The molecular weight excluding hydrogens is 162 g/mol. The highest BCUT2D eigenvalue weighted by molar-refractivity contribution is 4.66. The van der Waals surface area contributed by atoms with Crippen LogP contribution in [0, 0.1) is 5.92 Å². The maximum absolute atomic E-state index is 9.77. The highest BCUT2D eigenvalue weighted by atomic mass is 16.3. The Kier molecular flexibility index (Phi) is 7.29. The molecule has 0 spiro atoms. The molecule has 0 heterocycles. The van der Waals surface area contributed by atoms with Crippen molar-refractivity contribution >= 4 is 0 Å². The van der Waals surface area contributed by atoms with Gasteiger partial charge < -0.3 is 10.0 Å². The van der Waals surface area contributed by atoms with E-state index in [9.17, 15) is 5.11 Å². The molecular formula is C11H25NO. The van der Waals surface area contributed by atoms with E-state index in [0.717, 1.165) is 19.4 Å². The molecule has 0 aliphatic carbocycles. The molecule has 2 atom stereocenters. The Morgan fingerprint density at radius 3 is 2.31 bits per heavy atom. The third-order valence-corrected chi connectivity index (χ3v) is 2.41. The summed E-state index contributed by atoms with van der Waals surface area (Å²) in [6.07, 6.45) is 4.48. The minimum Gasteiger partial charge on any atom is -0.393 e. The van der Waals surface area contributed by atoms with E-state index >= 15 is 0 Å². The summed E-state index contributed by atoms with van der Waals surface area (Å²) in [5, 5.41) is 9.77. The van der Waals surface area contributed by atoms with Crippen LogP contribution in [-0.2, 0) is 0 Å². The molecule has 0 fully saturated rings. The molecule has 0 aromatic carbocycles. The summed E-state index contributed by atoms with van der Waals surface area (Å²) >= 11 is 0. The molecule has 2 heteroatoms. The van der Waals surface area contributed by atoms with Crippen molar-refractivity contribution in [3.8, 4) is 0 Å². The topological polar surface area (TPSA) is 23.5 Å². The molecule has 0 saturated heterocycles. The first kappa shape index (κ1) is 12.9. The van der Waals surface area contributed by atoms with Gasteiger partial charge >= 0.3 is 0 Å². The minimum atomic E-state index is -0.117. The molecule has 0 aliphatic rings. The van der Waals surface area contributed by atoms with Gasteiger partial charge in [-0.3, -0.25) is 0 Å². The highest BCUT2D eigenvalue weighted by Crippen LogP contribution is 2.11. The normalized spacial score (nSPS) is 16.2. The van der Waals surface area contributed by atoms with Gasteiger partial charge in [0, 0.05) is 6.54 Å². The van der Waals surface area contributed by atoms with Gasteiger partial charge in [0.15, 0.2) is 0 Å². The minimum absolute atomic E-state index is 0.117. The van der Waals surface area contributed by atoms with Crippen molar-refractivity contribution in [1.82, 2.24) is 4.90 Å². The molecule has 0 radical (unpaired) electrons. The van der Waals surface area contributed by atoms with Crippen LogP contribution in [0.5, 0.6) is 0 Å². The number of hydrogen-bond acceptors (Lipinski definition) is 2. The van der Waals surface area contributed by atoms with Crippen molar-refractivity contribution in [1.29, 1.82) is 0 Å². The van der Waals surface area contributed by atoms with E-state index in [1.165, 1.54) is 12.8 Å². The summed E-state index contributed by atoms with van der Waals surface area (Å²) in [6.45, 7) is 5.29. The lowest BCUT2D eigenvalue weighted by Gasteiger charge is -2.22. The Balaban J connectivity index is 3.50. The lowest BCUT2D eigenvalue weighted by molar-refractivity contribution is 0.0894. The van der Waals surface area contributed by atoms with Crippen LogP contribution in [0.3, 0.4) is 0 Å². The smallest absolute Gasteiger partial charge is 0.0578 e. The van der Waals surface area contributed by atoms with Crippen LogP contribution in [0.2, 0.25) is 0 Å².